The highest BCUT2D eigenvalue weighted by atomic mass is 79.9. The van der Waals surface area contributed by atoms with Gasteiger partial charge in [0, 0.05) is 16.3 Å². The maximum atomic E-state index is 7.99. The van der Waals surface area contributed by atoms with Crippen molar-refractivity contribution in [2.45, 2.75) is 0 Å². The standard InChI is InChI=1S/C7H6BrN3S/c8-7-4-3-6(12-7)2-1-5-10-11-9/h1-4H,5H2. The lowest BCUT2D eigenvalue weighted by molar-refractivity contribution is 1.22. The summed E-state index contributed by atoms with van der Waals surface area (Å²) in [6.07, 6.45) is 3.77. The van der Waals surface area contributed by atoms with Crippen molar-refractivity contribution in [1.29, 1.82) is 0 Å². The highest BCUT2D eigenvalue weighted by Crippen LogP contribution is 2.22. The van der Waals surface area contributed by atoms with E-state index in [0.717, 1.165) is 8.66 Å². The van der Waals surface area contributed by atoms with Crippen molar-refractivity contribution in [3.8, 4) is 0 Å². The molecular weight excluding hydrogens is 238 g/mol. The molecule has 0 unspecified atom stereocenters. The molecule has 0 bridgehead atoms. The Morgan fingerprint density at radius 1 is 1.67 bits per heavy atom. The lowest BCUT2D eigenvalue weighted by atomic mass is 10.4. The van der Waals surface area contributed by atoms with E-state index in [-0.39, 0.29) is 0 Å². The van der Waals surface area contributed by atoms with Gasteiger partial charge >= 0.3 is 0 Å². The predicted molar refractivity (Wildman–Crippen MR) is 55.1 cm³/mol. The topological polar surface area (TPSA) is 48.8 Å². The second-order valence-electron chi connectivity index (χ2n) is 1.96. The molecule has 1 rings (SSSR count). The van der Waals surface area contributed by atoms with Crippen molar-refractivity contribution >= 4 is 33.3 Å². The number of hydrogen-bond acceptors (Lipinski definition) is 2. The minimum atomic E-state index is 0.409. The van der Waals surface area contributed by atoms with Crippen LogP contribution in [0, 0.1) is 0 Å². The molecule has 0 saturated heterocycles. The first-order valence-electron chi connectivity index (χ1n) is 3.25. The number of halogens is 1. The van der Waals surface area contributed by atoms with Crippen molar-refractivity contribution in [2.75, 3.05) is 6.54 Å². The Morgan fingerprint density at radius 3 is 3.08 bits per heavy atom. The highest BCUT2D eigenvalue weighted by molar-refractivity contribution is 9.11. The van der Waals surface area contributed by atoms with E-state index in [1.807, 2.05) is 24.3 Å². The molecule has 62 valence electrons. The Labute approximate surface area is 82.5 Å². The second kappa shape index (κ2) is 4.98. The van der Waals surface area contributed by atoms with Crippen LogP contribution in [0.1, 0.15) is 4.88 Å². The first kappa shape index (κ1) is 9.32. The Bertz CT molecular complexity index is 325. The zero-order chi connectivity index (χ0) is 8.81. The number of hydrogen-bond donors (Lipinski definition) is 0. The summed E-state index contributed by atoms with van der Waals surface area (Å²) in [6, 6.07) is 3.99. The molecule has 0 aliphatic heterocycles. The van der Waals surface area contributed by atoms with Crippen LogP contribution in [0.3, 0.4) is 0 Å². The van der Waals surface area contributed by atoms with Gasteiger partial charge < -0.3 is 0 Å². The monoisotopic (exact) mass is 243 g/mol. The fourth-order valence-corrected chi connectivity index (χ4v) is 2.02. The molecule has 12 heavy (non-hydrogen) atoms. The Balaban J connectivity index is 2.51. The first-order chi connectivity index (χ1) is 5.83. The van der Waals surface area contributed by atoms with Crippen LogP contribution in [-0.2, 0) is 0 Å². The maximum absolute atomic E-state index is 7.99. The first-order valence-corrected chi connectivity index (χ1v) is 4.86. The van der Waals surface area contributed by atoms with E-state index in [1.165, 1.54) is 0 Å². The van der Waals surface area contributed by atoms with Gasteiger partial charge in [0.05, 0.1) is 3.79 Å². The van der Waals surface area contributed by atoms with Gasteiger partial charge in [-0.1, -0.05) is 11.2 Å². The van der Waals surface area contributed by atoms with E-state index in [1.54, 1.807) is 11.3 Å². The Hall–Kier alpha value is -0.770. The zero-order valence-corrected chi connectivity index (χ0v) is 8.55. The van der Waals surface area contributed by atoms with Gasteiger partial charge in [-0.05, 0) is 39.7 Å². The minimum Gasteiger partial charge on any atom is -0.129 e. The third-order valence-corrected chi connectivity index (χ3v) is 2.72. The third-order valence-electron chi connectivity index (χ3n) is 1.13. The smallest absolute Gasteiger partial charge is 0.0704 e. The summed E-state index contributed by atoms with van der Waals surface area (Å²) < 4.78 is 1.10. The van der Waals surface area contributed by atoms with E-state index in [2.05, 4.69) is 26.0 Å². The van der Waals surface area contributed by atoms with Gasteiger partial charge in [-0.3, -0.25) is 0 Å². The molecule has 1 aromatic heterocycles. The number of nitrogens with zero attached hydrogens (tertiary/aromatic N) is 3. The van der Waals surface area contributed by atoms with Crippen molar-refractivity contribution in [3.05, 3.63) is 37.3 Å². The van der Waals surface area contributed by atoms with Crippen LogP contribution >= 0.6 is 27.3 Å². The number of rotatable bonds is 3. The molecule has 0 aliphatic carbocycles. The van der Waals surface area contributed by atoms with Gasteiger partial charge in [0.1, 0.15) is 0 Å². The number of azide groups is 1. The van der Waals surface area contributed by atoms with Gasteiger partial charge in [-0.15, -0.1) is 11.3 Å². The molecule has 0 amide bonds. The zero-order valence-electron chi connectivity index (χ0n) is 6.14. The predicted octanol–water partition coefficient (Wildman–Crippen LogP) is 3.83. The van der Waals surface area contributed by atoms with Crippen LogP contribution < -0.4 is 0 Å². The van der Waals surface area contributed by atoms with Gasteiger partial charge in [0.25, 0.3) is 0 Å². The average Bonchev–Trinajstić information content (AvgIpc) is 2.45. The van der Waals surface area contributed by atoms with Gasteiger partial charge in [0.15, 0.2) is 0 Å². The molecule has 0 atom stereocenters. The molecular formula is C7H6BrN3S. The van der Waals surface area contributed by atoms with Crippen molar-refractivity contribution < 1.29 is 0 Å². The van der Waals surface area contributed by atoms with E-state index >= 15 is 0 Å². The molecule has 0 N–H and O–H groups in total. The summed E-state index contributed by atoms with van der Waals surface area (Å²) in [6.45, 7) is 0.409. The summed E-state index contributed by atoms with van der Waals surface area (Å²) in [5.41, 5.74) is 7.99. The molecule has 0 spiro atoms. The normalized spacial score (nSPS) is 10.1. The molecule has 0 aliphatic rings. The number of thiophene rings is 1. The fraction of sp³-hybridized carbons (Fsp3) is 0.143. The van der Waals surface area contributed by atoms with E-state index < -0.39 is 0 Å². The lowest BCUT2D eigenvalue weighted by Crippen LogP contribution is -1.65. The highest BCUT2D eigenvalue weighted by Gasteiger charge is 1.90. The largest absolute Gasteiger partial charge is 0.129 e. The molecule has 0 radical (unpaired) electrons. The van der Waals surface area contributed by atoms with Crippen LogP contribution in [0.15, 0.2) is 27.1 Å². The summed E-state index contributed by atoms with van der Waals surface area (Å²) in [5.74, 6) is 0. The minimum absolute atomic E-state index is 0.409. The van der Waals surface area contributed by atoms with Gasteiger partial charge in [-0.2, -0.15) is 0 Å². The molecule has 1 heterocycles. The van der Waals surface area contributed by atoms with Crippen LogP contribution in [-0.4, -0.2) is 6.54 Å². The molecule has 3 nitrogen and oxygen atoms in total. The summed E-state index contributed by atoms with van der Waals surface area (Å²) in [4.78, 5) is 3.79. The molecule has 0 saturated carbocycles. The summed E-state index contributed by atoms with van der Waals surface area (Å²) >= 11 is 5.00. The van der Waals surface area contributed by atoms with Crippen LogP contribution in [0.5, 0.6) is 0 Å². The second-order valence-corrected chi connectivity index (χ2v) is 4.45. The Kier molecular flexibility index (Phi) is 3.87. The van der Waals surface area contributed by atoms with Gasteiger partial charge in [0.2, 0.25) is 0 Å². The molecule has 1 aromatic rings. The average molecular weight is 244 g/mol. The van der Waals surface area contributed by atoms with Crippen molar-refractivity contribution in [1.82, 2.24) is 0 Å². The third kappa shape index (κ3) is 3.09. The van der Waals surface area contributed by atoms with E-state index in [4.69, 9.17) is 5.53 Å². The van der Waals surface area contributed by atoms with Gasteiger partial charge in [-0.25, -0.2) is 0 Å². The van der Waals surface area contributed by atoms with Crippen molar-refractivity contribution in [2.24, 2.45) is 5.11 Å². The van der Waals surface area contributed by atoms with E-state index in [0.29, 0.717) is 6.54 Å². The molecule has 5 heteroatoms. The van der Waals surface area contributed by atoms with Crippen LogP contribution in [0.2, 0.25) is 0 Å². The Morgan fingerprint density at radius 2 is 2.50 bits per heavy atom. The van der Waals surface area contributed by atoms with Crippen molar-refractivity contribution in [3.63, 3.8) is 0 Å². The summed E-state index contributed by atoms with van der Waals surface area (Å²) in [7, 11) is 0. The van der Waals surface area contributed by atoms with Crippen LogP contribution in [0.25, 0.3) is 16.5 Å². The van der Waals surface area contributed by atoms with E-state index in [9.17, 15) is 0 Å². The summed E-state index contributed by atoms with van der Waals surface area (Å²) in [5, 5.41) is 3.38. The fourth-order valence-electron chi connectivity index (χ4n) is 0.670. The molecule has 0 fully saturated rings. The lowest BCUT2D eigenvalue weighted by Gasteiger charge is -1.80. The quantitative estimate of drug-likeness (QED) is 0.440. The maximum Gasteiger partial charge on any atom is 0.0704 e. The van der Waals surface area contributed by atoms with Crippen LogP contribution in [0.4, 0.5) is 0 Å². The molecule has 0 aromatic carbocycles. The SMILES string of the molecule is [N-]=[N+]=NCC=Cc1ccc(Br)s1.